The Morgan fingerprint density at radius 3 is 1.06 bits per heavy atom. The Morgan fingerprint density at radius 1 is 0.479 bits per heavy atom. The lowest BCUT2D eigenvalue weighted by Crippen LogP contribution is -2.48. The molecule has 8 nitrogen and oxygen atoms in total. The Balaban J connectivity index is 1.39. The standard InChI is InChI=1S/C38H40N4O4S2/c1-47(43,44)41-35(29-21-11-5-12-22-29)33(27-17-7-3-8-18-27)39-37(41)31-25-15-16-26-32(31)38-40-34(28-19-9-4-10-20-28)36(42(38)48(2,45)46)30-23-13-6-14-24-30/h3-14,17-24,31-36H,15-16,25-26H2,1-2H3/t31-,32-,33+,34+,35+,36+/m0/s1. The molecule has 7 rings (SSSR count). The second-order valence-electron chi connectivity index (χ2n) is 13.0. The van der Waals surface area contributed by atoms with Crippen LogP contribution in [0, 0.1) is 11.8 Å². The molecule has 10 heteroatoms. The molecule has 248 valence electrons. The van der Waals surface area contributed by atoms with E-state index in [-0.39, 0.29) is 11.8 Å². The van der Waals surface area contributed by atoms with Gasteiger partial charge in [0, 0.05) is 11.8 Å². The van der Waals surface area contributed by atoms with Crippen LogP contribution in [0.15, 0.2) is 131 Å². The zero-order valence-electron chi connectivity index (χ0n) is 27.1. The third kappa shape index (κ3) is 6.07. The van der Waals surface area contributed by atoms with E-state index in [9.17, 15) is 16.8 Å². The van der Waals surface area contributed by atoms with E-state index in [0.29, 0.717) is 24.5 Å². The summed E-state index contributed by atoms with van der Waals surface area (Å²) in [5.41, 5.74) is 3.55. The van der Waals surface area contributed by atoms with Gasteiger partial charge in [0.2, 0.25) is 20.0 Å². The minimum absolute atomic E-state index is 0.359. The van der Waals surface area contributed by atoms with Crippen LogP contribution < -0.4 is 0 Å². The van der Waals surface area contributed by atoms with Gasteiger partial charge in [-0.1, -0.05) is 134 Å². The fraction of sp³-hybridized carbons (Fsp3) is 0.316. The molecule has 1 fully saturated rings. The van der Waals surface area contributed by atoms with Crippen molar-refractivity contribution < 1.29 is 16.8 Å². The molecule has 0 saturated heterocycles. The minimum Gasteiger partial charge on any atom is -0.261 e. The molecular weight excluding hydrogens is 641 g/mol. The number of sulfonamides is 2. The first kappa shape index (κ1) is 32.3. The number of aliphatic imine (C=N–C) groups is 2. The molecule has 4 aromatic rings. The highest BCUT2D eigenvalue weighted by Gasteiger charge is 2.52. The van der Waals surface area contributed by atoms with Gasteiger partial charge >= 0.3 is 0 Å². The summed E-state index contributed by atoms with van der Waals surface area (Å²) in [5, 5.41) is 0. The highest BCUT2D eigenvalue weighted by Crippen LogP contribution is 2.51. The topological polar surface area (TPSA) is 99.5 Å². The van der Waals surface area contributed by atoms with Crippen LogP contribution in [0.1, 0.15) is 72.1 Å². The number of hydrogen-bond donors (Lipinski definition) is 0. The smallest absolute Gasteiger partial charge is 0.233 e. The van der Waals surface area contributed by atoms with Gasteiger partial charge in [0.1, 0.15) is 23.8 Å². The van der Waals surface area contributed by atoms with E-state index in [4.69, 9.17) is 9.98 Å². The van der Waals surface area contributed by atoms with Crippen LogP contribution in [0.25, 0.3) is 0 Å². The van der Waals surface area contributed by atoms with Crippen molar-refractivity contribution in [2.75, 3.05) is 12.5 Å². The predicted octanol–water partition coefficient (Wildman–Crippen LogP) is 7.11. The molecule has 0 bridgehead atoms. The maximum atomic E-state index is 13.9. The van der Waals surface area contributed by atoms with Gasteiger partial charge in [0.25, 0.3) is 0 Å². The van der Waals surface area contributed by atoms with Crippen molar-refractivity contribution in [3.63, 3.8) is 0 Å². The van der Waals surface area contributed by atoms with E-state index in [0.717, 1.165) is 35.1 Å². The van der Waals surface area contributed by atoms with E-state index < -0.39 is 44.2 Å². The Bertz CT molecular complexity index is 1870. The number of rotatable bonds is 8. The molecule has 1 saturated carbocycles. The van der Waals surface area contributed by atoms with E-state index in [1.54, 1.807) is 0 Å². The largest absolute Gasteiger partial charge is 0.261 e. The van der Waals surface area contributed by atoms with E-state index >= 15 is 0 Å². The first-order chi connectivity index (χ1) is 23.1. The molecule has 1 aliphatic carbocycles. The van der Waals surface area contributed by atoms with Crippen molar-refractivity contribution in [1.29, 1.82) is 0 Å². The van der Waals surface area contributed by atoms with Gasteiger partial charge < -0.3 is 0 Å². The Hall–Kier alpha value is -4.28. The lowest BCUT2D eigenvalue weighted by molar-refractivity contribution is 0.328. The Morgan fingerprint density at radius 2 is 0.771 bits per heavy atom. The maximum Gasteiger partial charge on any atom is 0.233 e. The second-order valence-corrected chi connectivity index (χ2v) is 16.7. The van der Waals surface area contributed by atoms with E-state index in [2.05, 4.69) is 0 Å². The van der Waals surface area contributed by atoms with Crippen LogP contribution >= 0.6 is 0 Å². The second kappa shape index (κ2) is 13.0. The highest BCUT2D eigenvalue weighted by atomic mass is 32.2. The predicted molar refractivity (Wildman–Crippen MR) is 190 cm³/mol. The van der Waals surface area contributed by atoms with E-state index in [1.165, 1.54) is 21.1 Å². The molecule has 0 radical (unpaired) electrons. The molecule has 2 heterocycles. The van der Waals surface area contributed by atoms with E-state index in [1.807, 2.05) is 121 Å². The molecule has 0 unspecified atom stereocenters. The lowest BCUT2D eigenvalue weighted by atomic mass is 9.77. The van der Waals surface area contributed by atoms with Crippen LogP contribution in [0.4, 0.5) is 0 Å². The number of nitrogens with zero attached hydrogens (tertiary/aromatic N) is 4. The molecule has 2 aliphatic heterocycles. The molecule has 3 aliphatic rings. The minimum atomic E-state index is -3.80. The monoisotopic (exact) mass is 680 g/mol. The third-order valence-electron chi connectivity index (χ3n) is 9.81. The van der Waals surface area contributed by atoms with Gasteiger partial charge in [0.05, 0.1) is 24.6 Å². The maximum absolute atomic E-state index is 13.9. The molecule has 0 N–H and O–H groups in total. The van der Waals surface area contributed by atoms with Gasteiger partial charge in [-0.25, -0.2) is 25.4 Å². The fourth-order valence-corrected chi connectivity index (χ4v) is 10.2. The van der Waals surface area contributed by atoms with Crippen molar-refractivity contribution in [2.45, 2.75) is 49.9 Å². The van der Waals surface area contributed by atoms with Crippen LogP contribution in [0.3, 0.4) is 0 Å². The summed E-state index contributed by atoms with van der Waals surface area (Å²) in [6.45, 7) is 0. The summed E-state index contributed by atoms with van der Waals surface area (Å²) in [6, 6.07) is 36.9. The molecule has 6 atom stereocenters. The van der Waals surface area contributed by atoms with Crippen molar-refractivity contribution >= 4 is 31.7 Å². The third-order valence-corrected chi connectivity index (χ3v) is 12.1. The summed E-state index contributed by atoms with van der Waals surface area (Å²) >= 11 is 0. The lowest BCUT2D eigenvalue weighted by Gasteiger charge is -2.39. The van der Waals surface area contributed by atoms with Crippen molar-refractivity contribution in [3.05, 3.63) is 144 Å². The van der Waals surface area contributed by atoms with Gasteiger partial charge in [-0.2, -0.15) is 0 Å². The average Bonchev–Trinajstić information content (AvgIpc) is 3.71. The Kier molecular flexibility index (Phi) is 8.72. The molecule has 0 spiro atoms. The summed E-state index contributed by atoms with van der Waals surface area (Å²) in [4.78, 5) is 10.6. The quantitative estimate of drug-likeness (QED) is 0.198. The van der Waals surface area contributed by atoms with Crippen molar-refractivity contribution in [1.82, 2.24) is 8.61 Å². The summed E-state index contributed by atoms with van der Waals surface area (Å²) in [6.07, 6.45) is 5.58. The average molecular weight is 681 g/mol. The summed E-state index contributed by atoms with van der Waals surface area (Å²) < 4.78 is 58.6. The zero-order chi connectivity index (χ0) is 33.5. The van der Waals surface area contributed by atoms with Crippen LogP contribution in [0.5, 0.6) is 0 Å². The molecular formula is C38H40N4O4S2. The SMILES string of the molecule is CS(=O)(=O)N1C([C@H]2CCCC[C@@H]2C2=N[C@H](c3ccccc3)[C@@H](c3ccccc3)N2S(C)(=O)=O)=N[C@H](c2ccccc2)[C@H]1c1ccccc1. The first-order valence-electron chi connectivity index (χ1n) is 16.5. The molecule has 4 aromatic carbocycles. The van der Waals surface area contributed by atoms with Crippen molar-refractivity contribution in [3.8, 4) is 0 Å². The normalized spacial score (nSPS) is 26.3. The van der Waals surface area contributed by atoms with Gasteiger partial charge in [0.15, 0.2) is 0 Å². The highest BCUT2D eigenvalue weighted by molar-refractivity contribution is 7.89. The fourth-order valence-electron chi connectivity index (χ4n) is 7.85. The molecule has 0 amide bonds. The van der Waals surface area contributed by atoms with Crippen LogP contribution in [0.2, 0.25) is 0 Å². The molecule has 0 aromatic heterocycles. The van der Waals surface area contributed by atoms with Gasteiger partial charge in [-0.3, -0.25) is 9.98 Å². The van der Waals surface area contributed by atoms with Crippen LogP contribution in [-0.4, -0.2) is 49.6 Å². The first-order valence-corrected chi connectivity index (χ1v) is 20.2. The number of amidine groups is 2. The molecule has 48 heavy (non-hydrogen) atoms. The Labute approximate surface area is 284 Å². The van der Waals surface area contributed by atoms with Gasteiger partial charge in [-0.05, 0) is 35.1 Å². The summed E-state index contributed by atoms with van der Waals surface area (Å²) in [7, 11) is -7.61. The van der Waals surface area contributed by atoms with Crippen molar-refractivity contribution in [2.24, 2.45) is 21.8 Å². The summed E-state index contributed by atoms with van der Waals surface area (Å²) in [5.74, 6) is 0.255. The van der Waals surface area contributed by atoms with Gasteiger partial charge in [-0.15, -0.1) is 0 Å². The van der Waals surface area contributed by atoms with Crippen LogP contribution in [-0.2, 0) is 20.0 Å². The number of hydrogen-bond acceptors (Lipinski definition) is 6. The zero-order valence-corrected chi connectivity index (χ0v) is 28.7. The number of benzene rings is 4.